The summed E-state index contributed by atoms with van der Waals surface area (Å²) >= 11 is 6.07. The lowest BCUT2D eigenvalue weighted by Crippen LogP contribution is -2.36. The highest BCUT2D eigenvalue weighted by molar-refractivity contribution is 7.93. The van der Waals surface area contributed by atoms with Crippen LogP contribution in [0.5, 0.6) is 0 Å². The van der Waals surface area contributed by atoms with E-state index in [0.29, 0.717) is 18.7 Å². The Balaban J connectivity index is 2.00. The molecule has 0 aromatic carbocycles. The maximum atomic E-state index is 15.0. The van der Waals surface area contributed by atoms with Crippen LogP contribution >= 0.6 is 11.6 Å². The smallest absolute Gasteiger partial charge is 0.276 e. The number of nitrogens with zero attached hydrogens (tertiary/aromatic N) is 5. The standard InChI is InChI=1S/C22H25ClFN7O2S/c1-3-17(26)31-22(2,13-34(33)9-5-4-8-28-34)20-16(24)6-7-18(29-20)30-21(32)19-15(23)10-14(11-25)12-27-19/h6-7,10,12H,3-5,8-9,13H2,1-2H3,(H2,26,31)(H,29,30,32). The summed E-state index contributed by atoms with van der Waals surface area (Å²) in [6, 6.07) is 5.63. The van der Waals surface area contributed by atoms with Crippen molar-refractivity contribution < 1.29 is 13.4 Å². The number of carbonyl (C=O) groups excluding carboxylic acids is 1. The molecular formula is C22H25ClFN7O2S. The number of aromatic nitrogens is 2. The summed E-state index contributed by atoms with van der Waals surface area (Å²) in [5.41, 5.74) is 4.60. The summed E-state index contributed by atoms with van der Waals surface area (Å²) in [6.45, 7) is 3.90. The van der Waals surface area contributed by atoms with Crippen LogP contribution in [0.15, 0.2) is 33.8 Å². The first-order valence-electron chi connectivity index (χ1n) is 10.7. The molecule has 1 amide bonds. The Kier molecular flexibility index (Phi) is 7.84. The van der Waals surface area contributed by atoms with E-state index in [4.69, 9.17) is 22.6 Å². The van der Waals surface area contributed by atoms with Crippen LogP contribution in [-0.4, -0.2) is 44.0 Å². The maximum absolute atomic E-state index is 15.0. The lowest BCUT2D eigenvalue weighted by molar-refractivity contribution is 0.102. The third-order valence-electron chi connectivity index (χ3n) is 5.24. The Bertz CT molecular complexity index is 1300. The number of halogens is 2. The fraction of sp³-hybridized carbons (Fsp3) is 0.409. The molecule has 0 aliphatic carbocycles. The van der Waals surface area contributed by atoms with Crippen LogP contribution in [0.4, 0.5) is 10.2 Å². The van der Waals surface area contributed by atoms with E-state index in [1.165, 1.54) is 18.3 Å². The van der Waals surface area contributed by atoms with Crippen LogP contribution < -0.4 is 11.1 Å². The van der Waals surface area contributed by atoms with Gasteiger partial charge in [-0.1, -0.05) is 18.5 Å². The van der Waals surface area contributed by atoms with E-state index in [2.05, 4.69) is 24.6 Å². The molecule has 0 radical (unpaired) electrons. The van der Waals surface area contributed by atoms with E-state index in [-0.39, 0.29) is 39.4 Å². The van der Waals surface area contributed by atoms with E-state index in [0.717, 1.165) is 18.9 Å². The van der Waals surface area contributed by atoms with Crippen molar-refractivity contribution in [1.29, 1.82) is 5.26 Å². The molecule has 12 heteroatoms. The Morgan fingerprint density at radius 1 is 1.44 bits per heavy atom. The fourth-order valence-corrected chi connectivity index (χ4v) is 6.39. The number of pyridine rings is 2. The summed E-state index contributed by atoms with van der Waals surface area (Å²) < 4.78 is 32.7. The summed E-state index contributed by atoms with van der Waals surface area (Å²) in [6.07, 6.45) is 3.24. The average molecular weight is 506 g/mol. The Labute approximate surface area is 202 Å². The highest BCUT2D eigenvalue weighted by atomic mass is 35.5. The quantitative estimate of drug-likeness (QED) is 0.433. The topological polar surface area (TPSA) is 146 Å². The van der Waals surface area contributed by atoms with Gasteiger partial charge in [0.05, 0.1) is 22.2 Å². The maximum Gasteiger partial charge on any atom is 0.276 e. The van der Waals surface area contributed by atoms with Crippen molar-refractivity contribution in [3.05, 3.63) is 52.2 Å². The molecule has 0 spiro atoms. The van der Waals surface area contributed by atoms with E-state index < -0.39 is 27.0 Å². The van der Waals surface area contributed by atoms with E-state index in [1.807, 2.05) is 6.07 Å². The summed E-state index contributed by atoms with van der Waals surface area (Å²) in [5, 5.41) is 11.5. The van der Waals surface area contributed by atoms with Gasteiger partial charge in [0.25, 0.3) is 5.91 Å². The molecule has 2 aromatic heterocycles. The summed E-state index contributed by atoms with van der Waals surface area (Å²) in [7, 11) is -2.64. The van der Waals surface area contributed by atoms with Gasteiger partial charge >= 0.3 is 0 Å². The molecule has 180 valence electrons. The first kappa shape index (κ1) is 25.5. The molecule has 1 aliphatic heterocycles. The first-order valence-corrected chi connectivity index (χ1v) is 12.9. The van der Waals surface area contributed by atoms with Gasteiger partial charge in [-0.2, -0.15) is 5.26 Å². The lowest BCUT2D eigenvalue weighted by Gasteiger charge is -2.29. The van der Waals surface area contributed by atoms with Crippen LogP contribution in [0.1, 0.15) is 54.9 Å². The molecule has 34 heavy (non-hydrogen) atoms. The largest absolute Gasteiger partial charge is 0.387 e. The number of aliphatic imine (C=N–C) groups is 1. The molecule has 2 atom stereocenters. The number of hydrogen-bond donors (Lipinski definition) is 2. The molecule has 2 aromatic rings. The van der Waals surface area contributed by atoms with Crippen molar-refractivity contribution in [2.45, 2.75) is 38.6 Å². The number of carbonyl (C=O) groups is 1. The minimum Gasteiger partial charge on any atom is -0.387 e. The van der Waals surface area contributed by atoms with Crippen LogP contribution in [0.3, 0.4) is 0 Å². The molecule has 0 saturated carbocycles. The van der Waals surface area contributed by atoms with Crippen LogP contribution in [0.25, 0.3) is 0 Å². The monoisotopic (exact) mass is 505 g/mol. The number of amidine groups is 1. The molecule has 3 rings (SSSR count). The Morgan fingerprint density at radius 3 is 2.82 bits per heavy atom. The van der Waals surface area contributed by atoms with Crippen molar-refractivity contribution in [1.82, 2.24) is 9.97 Å². The second kappa shape index (κ2) is 10.4. The summed E-state index contributed by atoms with van der Waals surface area (Å²) in [5.74, 6) is -0.746. The summed E-state index contributed by atoms with van der Waals surface area (Å²) in [4.78, 5) is 25.4. The third kappa shape index (κ3) is 5.87. The second-order valence-corrected chi connectivity index (χ2v) is 11.0. The normalized spacial score (nSPS) is 20.0. The van der Waals surface area contributed by atoms with Crippen molar-refractivity contribution >= 4 is 38.9 Å². The van der Waals surface area contributed by atoms with Gasteiger partial charge in [0.2, 0.25) is 0 Å². The van der Waals surface area contributed by atoms with Gasteiger partial charge in [-0.15, -0.1) is 0 Å². The number of anilines is 1. The number of amides is 1. The van der Waals surface area contributed by atoms with Gasteiger partial charge in [0.1, 0.15) is 34.6 Å². The minimum atomic E-state index is -2.64. The number of rotatable bonds is 7. The molecule has 0 saturated heterocycles. The predicted octanol–water partition coefficient (Wildman–Crippen LogP) is 3.64. The SMILES string of the molecule is CC/C(N)=N\C(C)(CS1(=O)=NCCCC1)c1nc(NC(=O)c2ncc(C#N)cc2Cl)ccc1F. The van der Waals surface area contributed by atoms with Gasteiger partial charge in [0, 0.05) is 34.6 Å². The van der Waals surface area contributed by atoms with E-state index >= 15 is 4.39 Å². The Morgan fingerprint density at radius 2 is 2.21 bits per heavy atom. The minimum absolute atomic E-state index is 0.0140. The van der Waals surface area contributed by atoms with Gasteiger partial charge < -0.3 is 11.1 Å². The molecule has 9 nitrogen and oxygen atoms in total. The van der Waals surface area contributed by atoms with Gasteiger partial charge in [-0.05, 0) is 38.0 Å². The van der Waals surface area contributed by atoms with Crippen molar-refractivity contribution in [3.63, 3.8) is 0 Å². The molecule has 3 heterocycles. The second-order valence-electron chi connectivity index (χ2n) is 8.06. The number of nitriles is 1. The lowest BCUT2D eigenvalue weighted by atomic mass is 9.99. The number of hydrogen-bond acceptors (Lipinski definition) is 7. The zero-order valence-corrected chi connectivity index (χ0v) is 20.4. The van der Waals surface area contributed by atoms with Crippen molar-refractivity contribution in [2.75, 3.05) is 23.4 Å². The molecule has 1 aliphatic rings. The van der Waals surface area contributed by atoms with E-state index in [9.17, 15) is 9.00 Å². The highest BCUT2D eigenvalue weighted by Gasteiger charge is 2.36. The molecular weight excluding hydrogens is 481 g/mol. The highest BCUT2D eigenvalue weighted by Crippen LogP contribution is 2.31. The fourth-order valence-electron chi connectivity index (χ4n) is 3.57. The van der Waals surface area contributed by atoms with Crippen molar-refractivity contribution in [3.8, 4) is 6.07 Å². The van der Waals surface area contributed by atoms with Crippen LogP contribution in [0, 0.1) is 17.1 Å². The average Bonchev–Trinajstić information content (AvgIpc) is 2.79. The van der Waals surface area contributed by atoms with Crippen LogP contribution in [-0.2, 0) is 15.3 Å². The third-order valence-corrected chi connectivity index (χ3v) is 8.12. The molecule has 3 N–H and O–H groups in total. The predicted molar refractivity (Wildman–Crippen MR) is 130 cm³/mol. The first-order chi connectivity index (χ1) is 16.1. The molecule has 0 bridgehead atoms. The van der Waals surface area contributed by atoms with Crippen molar-refractivity contribution in [2.24, 2.45) is 15.1 Å². The van der Waals surface area contributed by atoms with Crippen LogP contribution in [0.2, 0.25) is 5.02 Å². The molecule has 2 unspecified atom stereocenters. The Hall–Kier alpha value is -3.10. The van der Waals surface area contributed by atoms with E-state index in [1.54, 1.807) is 13.8 Å². The van der Waals surface area contributed by atoms with Gasteiger partial charge in [0.15, 0.2) is 0 Å². The molecule has 0 fully saturated rings. The zero-order valence-electron chi connectivity index (χ0n) is 18.8. The van der Waals surface area contributed by atoms with Gasteiger partial charge in [-0.25, -0.2) is 22.9 Å². The number of nitrogens with two attached hydrogens (primary N) is 1. The van der Waals surface area contributed by atoms with Gasteiger partial charge in [-0.3, -0.25) is 9.79 Å². The zero-order chi connectivity index (χ0) is 24.9. The number of nitrogens with one attached hydrogen (secondary N) is 1.